The average molecular weight is 372 g/mol. The van der Waals surface area contributed by atoms with Gasteiger partial charge in [-0.25, -0.2) is 4.79 Å². The molecular weight excluding hydrogens is 344 g/mol. The van der Waals surface area contributed by atoms with E-state index in [0.29, 0.717) is 0 Å². The number of nitrogens with one attached hydrogen (secondary N) is 1. The molecule has 1 atom stereocenters. The first-order valence-corrected chi connectivity index (χ1v) is 8.71. The Bertz CT molecular complexity index is 538. The van der Waals surface area contributed by atoms with Gasteiger partial charge in [0.05, 0.1) is 19.4 Å². The average Bonchev–Trinajstić information content (AvgIpc) is 3.29. The first kappa shape index (κ1) is 21.7. The molecule has 0 aromatic heterocycles. The van der Waals surface area contributed by atoms with E-state index in [1.807, 2.05) is 0 Å². The lowest BCUT2D eigenvalue weighted by Crippen LogP contribution is -2.51. The van der Waals surface area contributed by atoms with Crippen molar-refractivity contribution in [1.29, 1.82) is 0 Å². The molecule has 1 fully saturated rings. The fourth-order valence-corrected chi connectivity index (χ4v) is 2.33. The zero-order chi connectivity index (χ0) is 19.9. The number of hydrogen-bond acceptors (Lipinski definition) is 6. The summed E-state index contributed by atoms with van der Waals surface area (Å²) in [6.45, 7) is 7.05. The predicted octanol–water partition coefficient (Wildman–Crippen LogP) is 1.30. The van der Waals surface area contributed by atoms with Crippen LogP contribution in [0.5, 0.6) is 0 Å². The Morgan fingerprint density at radius 2 is 1.85 bits per heavy atom. The van der Waals surface area contributed by atoms with Gasteiger partial charge in [0.2, 0.25) is 5.91 Å². The van der Waals surface area contributed by atoms with E-state index in [0.717, 1.165) is 12.8 Å². The van der Waals surface area contributed by atoms with Crippen LogP contribution in [0.3, 0.4) is 0 Å². The maximum absolute atomic E-state index is 12.8. The third kappa shape index (κ3) is 8.17. The van der Waals surface area contributed by atoms with E-state index in [9.17, 15) is 19.2 Å². The predicted molar refractivity (Wildman–Crippen MR) is 91.4 cm³/mol. The standard InChI is InChI=1S/C17H28N2O7/c1-5-25-14(22)8-9-19(11-6-7-11)15(23)12(10-13(20)21)18-16(24)26-17(2,3)4/h11-12H,5-10H2,1-4H3,(H,18,24)(H,20,21)/t12-/m0/s1. The number of carbonyl (C=O) groups excluding carboxylic acids is 3. The van der Waals surface area contributed by atoms with Crippen LogP contribution in [0.25, 0.3) is 0 Å². The molecule has 0 bridgehead atoms. The number of carbonyl (C=O) groups is 4. The maximum Gasteiger partial charge on any atom is 0.408 e. The summed E-state index contributed by atoms with van der Waals surface area (Å²) < 4.78 is 9.95. The highest BCUT2D eigenvalue weighted by Gasteiger charge is 2.37. The summed E-state index contributed by atoms with van der Waals surface area (Å²) in [6, 6.07) is -1.31. The number of aliphatic carboxylic acids is 1. The quantitative estimate of drug-likeness (QED) is 0.585. The minimum Gasteiger partial charge on any atom is -0.481 e. The van der Waals surface area contributed by atoms with E-state index < -0.39 is 42.0 Å². The van der Waals surface area contributed by atoms with Gasteiger partial charge in [-0.05, 0) is 40.5 Å². The van der Waals surface area contributed by atoms with Gasteiger partial charge in [-0.3, -0.25) is 14.4 Å². The largest absolute Gasteiger partial charge is 0.481 e. The molecule has 2 amide bonds. The van der Waals surface area contributed by atoms with Gasteiger partial charge in [0.25, 0.3) is 0 Å². The van der Waals surface area contributed by atoms with Crippen LogP contribution < -0.4 is 5.32 Å². The van der Waals surface area contributed by atoms with Gasteiger partial charge in [0.15, 0.2) is 0 Å². The second kappa shape index (κ2) is 9.40. The highest BCUT2D eigenvalue weighted by atomic mass is 16.6. The van der Waals surface area contributed by atoms with Gasteiger partial charge >= 0.3 is 18.0 Å². The van der Waals surface area contributed by atoms with Crippen molar-refractivity contribution in [3.63, 3.8) is 0 Å². The van der Waals surface area contributed by atoms with Crippen molar-refractivity contribution >= 4 is 23.9 Å². The Balaban J connectivity index is 2.78. The molecule has 0 saturated heterocycles. The summed E-state index contributed by atoms with van der Waals surface area (Å²) in [4.78, 5) is 48.8. The number of ether oxygens (including phenoxy) is 2. The summed E-state index contributed by atoms with van der Waals surface area (Å²) in [5.74, 6) is -2.19. The second-order valence-electron chi connectivity index (χ2n) is 7.11. The lowest BCUT2D eigenvalue weighted by atomic mass is 10.1. The SMILES string of the molecule is CCOC(=O)CCN(C(=O)[C@H](CC(=O)O)NC(=O)OC(C)(C)C)C1CC1. The minimum absolute atomic E-state index is 0.0162. The molecule has 1 rings (SSSR count). The van der Waals surface area contributed by atoms with Crippen molar-refractivity contribution in [2.24, 2.45) is 0 Å². The fraction of sp³-hybridized carbons (Fsp3) is 0.765. The molecule has 0 unspecified atom stereocenters. The summed E-state index contributed by atoms with van der Waals surface area (Å²) in [5.41, 5.74) is -0.777. The Kier molecular flexibility index (Phi) is 7.85. The van der Waals surface area contributed by atoms with Crippen LogP contribution in [0.4, 0.5) is 4.79 Å². The number of carboxylic acid groups (broad SMARTS) is 1. The van der Waals surface area contributed by atoms with Crippen LogP contribution in [-0.4, -0.2) is 64.8 Å². The van der Waals surface area contributed by atoms with Gasteiger partial charge in [-0.1, -0.05) is 0 Å². The molecule has 0 aromatic rings. The Labute approximate surface area is 153 Å². The summed E-state index contributed by atoms with van der Waals surface area (Å²) in [7, 11) is 0. The molecule has 1 aliphatic rings. The molecule has 0 aromatic carbocycles. The first-order valence-electron chi connectivity index (χ1n) is 8.71. The summed E-state index contributed by atoms with van der Waals surface area (Å²) >= 11 is 0. The van der Waals surface area contributed by atoms with Gasteiger partial charge in [-0.15, -0.1) is 0 Å². The zero-order valence-corrected chi connectivity index (χ0v) is 15.7. The molecule has 9 nitrogen and oxygen atoms in total. The van der Waals surface area contributed by atoms with Crippen LogP contribution in [-0.2, 0) is 23.9 Å². The third-order valence-electron chi connectivity index (χ3n) is 3.50. The maximum atomic E-state index is 12.8. The summed E-state index contributed by atoms with van der Waals surface area (Å²) in [5, 5.41) is 11.4. The van der Waals surface area contributed by atoms with Crippen LogP contribution in [0.1, 0.15) is 53.4 Å². The number of esters is 1. The van der Waals surface area contributed by atoms with Crippen LogP contribution in [0.15, 0.2) is 0 Å². The van der Waals surface area contributed by atoms with E-state index in [1.54, 1.807) is 27.7 Å². The third-order valence-corrected chi connectivity index (χ3v) is 3.50. The lowest BCUT2D eigenvalue weighted by molar-refractivity contribution is -0.146. The lowest BCUT2D eigenvalue weighted by Gasteiger charge is -2.28. The van der Waals surface area contributed by atoms with E-state index in [1.165, 1.54) is 4.90 Å². The Hall–Kier alpha value is -2.32. The molecule has 0 spiro atoms. The topological polar surface area (TPSA) is 122 Å². The van der Waals surface area contributed by atoms with Gasteiger partial charge < -0.3 is 24.8 Å². The number of rotatable bonds is 9. The molecule has 0 aliphatic heterocycles. The molecule has 0 radical (unpaired) electrons. The molecule has 9 heteroatoms. The summed E-state index contributed by atoms with van der Waals surface area (Å²) in [6.07, 6.45) is 0.142. The van der Waals surface area contributed by atoms with E-state index in [-0.39, 0.29) is 25.6 Å². The highest BCUT2D eigenvalue weighted by molar-refractivity contribution is 5.90. The van der Waals surface area contributed by atoms with Crippen LogP contribution in [0.2, 0.25) is 0 Å². The van der Waals surface area contributed by atoms with Crippen molar-refractivity contribution in [3.05, 3.63) is 0 Å². The van der Waals surface area contributed by atoms with E-state index in [2.05, 4.69) is 5.32 Å². The monoisotopic (exact) mass is 372 g/mol. The van der Waals surface area contributed by atoms with Crippen molar-refractivity contribution in [2.75, 3.05) is 13.2 Å². The Morgan fingerprint density at radius 1 is 1.23 bits per heavy atom. The molecule has 0 heterocycles. The van der Waals surface area contributed by atoms with E-state index in [4.69, 9.17) is 14.6 Å². The fourth-order valence-electron chi connectivity index (χ4n) is 2.33. The first-order chi connectivity index (χ1) is 12.0. The zero-order valence-electron chi connectivity index (χ0n) is 15.7. The van der Waals surface area contributed by atoms with Crippen LogP contribution in [0, 0.1) is 0 Å². The van der Waals surface area contributed by atoms with Crippen molar-refractivity contribution in [3.8, 4) is 0 Å². The highest BCUT2D eigenvalue weighted by Crippen LogP contribution is 2.28. The van der Waals surface area contributed by atoms with Crippen LogP contribution >= 0.6 is 0 Å². The smallest absolute Gasteiger partial charge is 0.408 e. The van der Waals surface area contributed by atoms with Gasteiger partial charge in [0.1, 0.15) is 11.6 Å². The number of alkyl carbamates (subject to hydrolysis) is 1. The van der Waals surface area contributed by atoms with Gasteiger partial charge in [0, 0.05) is 12.6 Å². The molecule has 26 heavy (non-hydrogen) atoms. The normalized spacial score (nSPS) is 14.9. The second-order valence-corrected chi connectivity index (χ2v) is 7.11. The molecular formula is C17H28N2O7. The molecule has 1 aliphatic carbocycles. The minimum atomic E-state index is -1.26. The molecule has 2 N–H and O–H groups in total. The van der Waals surface area contributed by atoms with Crippen molar-refractivity contribution in [1.82, 2.24) is 10.2 Å². The van der Waals surface area contributed by atoms with Crippen molar-refractivity contribution < 1.29 is 33.8 Å². The molecule has 148 valence electrons. The number of carboxylic acids is 1. The number of hydrogen-bond donors (Lipinski definition) is 2. The van der Waals surface area contributed by atoms with E-state index >= 15 is 0 Å². The van der Waals surface area contributed by atoms with Crippen molar-refractivity contribution in [2.45, 2.75) is 71.1 Å². The number of nitrogens with zero attached hydrogens (tertiary/aromatic N) is 1. The number of amides is 2. The van der Waals surface area contributed by atoms with Gasteiger partial charge in [-0.2, -0.15) is 0 Å². The Morgan fingerprint density at radius 3 is 2.31 bits per heavy atom. The molecule has 1 saturated carbocycles.